The maximum absolute atomic E-state index is 14.0. The Balaban J connectivity index is 1.16. The molecule has 2 N–H and O–H groups in total. The fraction of sp³-hybridized carbons (Fsp3) is 0.660. The summed E-state index contributed by atoms with van der Waals surface area (Å²) in [6.07, 6.45) is 16.5. The Morgan fingerprint density at radius 1 is 0.951 bits per heavy atom. The highest BCUT2D eigenvalue weighted by Gasteiger charge is 2.60. The summed E-state index contributed by atoms with van der Waals surface area (Å²) in [4.78, 5) is 44.7. The molecule has 0 aromatic heterocycles. The summed E-state index contributed by atoms with van der Waals surface area (Å²) in [5, 5.41) is 25.5. The Hall–Kier alpha value is -4.19. The summed E-state index contributed by atoms with van der Waals surface area (Å²) in [6.45, 7) is 7.12. The summed E-state index contributed by atoms with van der Waals surface area (Å²) >= 11 is 1.44. The number of nitrogens with one attached hydrogen (secondary N) is 1. The lowest BCUT2D eigenvalue weighted by Gasteiger charge is -2.61. The van der Waals surface area contributed by atoms with Crippen molar-refractivity contribution >= 4 is 29.6 Å². The number of likely N-dealkylation sites (N-methyl/N-ethyl adjacent to an activating group) is 1. The number of benzene rings is 2. The number of fused-ring (bicyclic) bond motifs is 10. The zero-order chi connectivity index (χ0) is 43.4. The van der Waals surface area contributed by atoms with E-state index in [1.165, 1.54) is 82.9 Å². The molecule has 332 valence electrons. The number of carbonyl (C=O) groups excluding carboxylic acids is 3. The zero-order valence-corrected chi connectivity index (χ0v) is 37.6. The molecule has 1 unspecified atom stereocenters. The van der Waals surface area contributed by atoms with Gasteiger partial charge in [0, 0.05) is 53.4 Å². The third-order valence-corrected chi connectivity index (χ3v) is 14.9. The smallest absolute Gasteiger partial charge is 0.329 e. The van der Waals surface area contributed by atoms with Crippen LogP contribution in [-0.2, 0) is 25.5 Å². The summed E-state index contributed by atoms with van der Waals surface area (Å²) in [5.74, 6) is 0.558. The van der Waals surface area contributed by atoms with E-state index < -0.39 is 47.4 Å². The van der Waals surface area contributed by atoms with Gasteiger partial charge in [0.15, 0.2) is 23.0 Å². The van der Waals surface area contributed by atoms with Gasteiger partial charge in [-0.15, -0.1) is 11.8 Å². The fourth-order valence-corrected chi connectivity index (χ4v) is 12.1. The van der Waals surface area contributed by atoms with Gasteiger partial charge in [-0.25, -0.2) is 4.79 Å². The molecule has 6 aliphatic heterocycles. The Kier molecular flexibility index (Phi) is 14.6. The van der Waals surface area contributed by atoms with Crippen molar-refractivity contribution in [3.63, 3.8) is 0 Å². The van der Waals surface area contributed by atoms with Gasteiger partial charge in [-0.3, -0.25) is 19.4 Å². The highest BCUT2D eigenvalue weighted by Crippen LogP contribution is 2.64. The number of aryl methyl sites for hydroxylation is 1. The molecule has 6 aliphatic rings. The van der Waals surface area contributed by atoms with E-state index in [1.54, 1.807) is 7.11 Å². The van der Waals surface area contributed by atoms with Crippen molar-refractivity contribution < 1.29 is 43.2 Å². The van der Waals surface area contributed by atoms with Crippen LogP contribution in [0.3, 0.4) is 0 Å². The first-order chi connectivity index (χ1) is 29.5. The number of thioether (sulfide) groups is 1. The van der Waals surface area contributed by atoms with Crippen LogP contribution in [0.4, 0.5) is 0 Å². The molecule has 0 saturated carbocycles. The number of phenols is 1. The van der Waals surface area contributed by atoms with Crippen molar-refractivity contribution in [1.29, 1.82) is 5.26 Å². The molecule has 13 nitrogen and oxygen atoms in total. The largest absolute Gasteiger partial charge is 0.504 e. The summed E-state index contributed by atoms with van der Waals surface area (Å²) in [5.41, 5.74) is 4.38. The third-order valence-electron chi connectivity index (χ3n) is 13.5. The second kappa shape index (κ2) is 19.9. The number of phenolic OH excluding ortho intramolecular Hbond substituents is 1. The van der Waals surface area contributed by atoms with E-state index in [2.05, 4.69) is 28.1 Å². The fourth-order valence-electron chi connectivity index (χ4n) is 10.6. The molecule has 1 amide bonds. The predicted molar refractivity (Wildman–Crippen MR) is 232 cm³/mol. The SMILES string of the molecule is CCCCCCCCCCCCCCCC(=O)N[C@H]1CS[C@@H]2c3c(OC(C)=O)c(C)c4c(c3[C@@H](COC1=O)N1C2[C@H]2c3c(cc(C)c(OC)c3O)C[C@H]([C@@H]1C#N)N2C)OCO4. The third kappa shape index (κ3) is 8.89. The lowest BCUT2D eigenvalue weighted by atomic mass is 9.71. The van der Waals surface area contributed by atoms with Crippen molar-refractivity contribution in [2.75, 3.05) is 33.3 Å². The Morgan fingerprint density at radius 2 is 1.61 bits per heavy atom. The van der Waals surface area contributed by atoms with Crippen molar-refractivity contribution in [3.8, 4) is 34.8 Å². The lowest BCUT2D eigenvalue weighted by Crippen LogP contribution is -2.69. The maximum Gasteiger partial charge on any atom is 0.329 e. The van der Waals surface area contributed by atoms with Gasteiger partial charge in [0.05, 0.1) is 30.5 Å². The number of aromatic hydroxyl groups is 1. The van der Waals surface area contributed by atoms with Gasteiger partial charge in [-0.1, -0.05) is 90.0 Å². The lowest BCUT2D eigenvalue weighted by molar-refractivity contribution is -0.152. The van der Waals surface area contributed by atoms with E-state index in [1.807, 2.05) is 27.0 Å². The number of nitrogens with zero attached hydrogens (tertiary/aromatic N) is 3. The van der Waals surface area contributed by atoms with Crippen molar-refractivity contribution in [2.45, 2.75) is 166 Å². The molecule has 7 atom stereocenters. The number of hydrogen-bond acceptors (Lipinski definition) is 13. The first-order valence-corrected chi connectivity index (χ1v) is 23.6. The Morgan fingerprint density at radius 3 is 2.25 bits per heavy atom. The molecule has 14 heteroatoms. The van der Waals surface area contributed by atoms with Crippen LogP contribution in [0.2, 0.25) is 0 Å². The minimum Gasteiger partial charge on any atom is -0.504 e. The summed E-state index contributed by atoms with van der Waals surface area (Å²) in [7, 11) is 3.53. The number of piperazine rings is 1. The number of rotatable bonds is 17. The van der Waals surface area contributed by atoms with Crippen molar-refractivity contribution in [2.24, 2.45) is 0 Å². The van der Waals surface area contributed by atoms with Gasteiger partial charge in [-0.05, 0) is 44.9 Å². The Bertz CT molecular complexity index is 2000. The van der Waals surface area contributed by atoms with E-state index in [0.717, 1.165) is 30.4 Å². The van der Waals surface area contributed by atoms with Gasteiger partial charge < -0.3 is 34.1 Å². The molecule has 2 fully saturated rings. The second-order valence-electron chi connectivity index (χ2n) is 17.5. The topological polar surface area (TPSA) is 160 Å². The van der Waals surface area contributed by atoms with E-state index in [0.29, 0.717) is 58.1 Å². The summed E-state index contributed by atoms with van der Waals surface area (Å²) < 4.78 is 30.2. The standard InChI is InChI=1S/C47H64N4O9S/c1-7-8-9-10-11-12-13-14-15-16-17-18-19-20-35(53)49-31-25-61-46-38-37(45-44(58-26-59-45)28(3)43(38)60-29(4)52)34(24-57-47(31)55)51-33(23-48)32-22-30-21-27(2)42(56-6)41(54)36(30)39(40(46)51)50(32)5/h21,31-34,39-40,46,54H,7-20,22,24-26H2,1-6H3,(H,49,53)/t31-,32+,33-,34+,39+,40?,46+/m0/s1. The van der Waals surface area contributed by atoms with E-state index in [4.69, 9.17) is 23.7 Å². The van der Waals surface area contributed by atoms with E-state index in [-0.39, 0.29) is 36.9 Å². The van der Waals surface area contributed by atoms with Crippen LogP contribution in [0, 0.1) is 25.2 Å². The summed E-state index contributed by atoms with van der Waals surface area (Å²) in [6, 6.07) is 1.07. The normalized spacial score (nSPS) is 25.1. The number of hydrogen-bond donors (Lipinski definition) is 2. The number of amides is 1. The Labute approximate surface area is 365 Å². The van der Waals surface area contributed by atoms with Gasteiger partial charge in [-0.2, -0.15) is 5.26 Å². The second-order valence-corrected chi connectivity index (χ2v) is 18.7. The van der Waals surface area contributed by atoms with Crippen LogP contribution in [-0.4, -0.2) is 90.2 Å². The number of nitriles is 1. The van der Waals surface area contributed by atoms with Crippen LogP contribution in [0.25, 0.3) is 0 Å². The van der Waals surface area contributed by atoms with Crippen LogP contribution < -0.4 is 24.3 Å². The molecular formula is C47H64N4O9S. The molecule has 0 radical (unpaired) electrons. The predicted octanol–water partition coefficient (Wildman–Crippen LogP) is 8.20. The van der Waals surface area contributed by atoms with Crippen LogP contribution in [0.1, 0.15) is 154 Å². The minimum atomic E-state index is -0.946. The molecule has 6 heterocycles. The van der Waals surface area contributed by atoms with Gasteiger partial charge in [0.25, 0.3) is 0 Å². The molecule has 61 heavy (non-hydrogen) atoms. The van der Waals surface area contributed by atoms with Crippen LogP contribution in [0.5, 0.6) is 28.7 Å². The molecule has 2 saturated heterocycles. The molecule has 4 bridgehead atoms. The van der Waals surface area contributed by atoms with E-state index in [9.17, 15) is 24.8 Å². The number of carbonyl (C=O) groups is 3. The van der Waals surface area contributed by atoms with Gasteiger partial charge in [0.2, 0.25) is 12.7 Å². The van der Waals surface area contributed by atoms with Crippen molar-refractivity contribution in [1.82, 2.24) is 15.1 Å². The number of unbranched alkanes of at least 4 members (excludes halogenated alkanes) is 12. The van der Waals surface area contributed by atoms with E-state index >= 15 is 0 Å². The average Bonchev–Trinajstić information content (AvgIpc) is 3.72. The minimum absolute atomic E-state index is 0.0492. The molecule has 0 aliphatic carbocycles. The van der Waals surface area contributed by atoms with Gasteiger partial charge in [0.1, 0.15) is 24.4 Å². The molecule has 8 rings (SSSR count). The highest BCUT2D eigenvalue weighted by molar-refractivity contribution is 7.99. The first-order valence-electron chi connectivity index (χ1n) is 22.5. The quantitative estimate of drug-likeness (QED) is 0.0891. The van der Waals surface area contributed by atoms with Gasteiger partial charge >= 0.3 is 11.9 Å². The monoisotopic (exact) mass is 860 g/mol. The number of esters is 2. The average molecular weight is 861 g/mol. The van der Waals surface area contributed by atoms with Crippen molar-refractivity contribution in [3.05, 3.63) is 39.4 Å². The molecule has 2 aromatic rings. The number of ether oxygens (including phenoxy) is 5. The maximum atomic E-state index is 14.0. The molecule has 2 aromatic carbocycles. The number of methoxy groups -OCH3 is 1. The zero-order valence-electron chi connectivity index (χ0n) is 36.8. The van der Waals surface area contributed by atoms with Crippen LogP contribution >= 0.6 is 11.8 Å². The first kappa shape index (κ1) is 44.9. The molecule has 0 spiro atoms. The van der Waals surface area contributed by atoms with Crippen LogP contribution in [0.15, 0.2) is 6.07 Å². The molecular weight excluding hydrogens is 797 g/mol. The highest BCUT2D eigenvalue weighted by atomic mass is 32.2.